The zero-order valence-electron chi connectivity index (χ0n) is 22.3. The first-order chi connectivity index (χ1) is 17.8. The number of carbonyl (C=O) groups excluding carboxylic acids is 1. The van der Waals surface area contributed by atoms with E-state index in [0.29, 0.717) is 39.1 Å². The summed E-state index contributed by atoms with van der Waals surface area (Å²) in [6.07, 6.45) is 1.30. The van der Waals surface area contributed by atoms with Crippen LogP contribution < -0.4 is 9.64 Å². The molecule has 1 aromatic heterocycles. The van der Waals surface area contributed by atoms with E-state index in [2.05, 4.69) is 43.9 Å². The van der Waals surface area contributed by atoms with Crippen LogP contribution in [0.2, 0.25) is 0 Å². The van der Waals surface area contributed by atoms with Gasteiger partial charge in [-0.15, -0.1) is 0 Å². The predicted octanol–water partition coefficient (Wildman–Crippen LogP) is 4.41. The molecule has 7 heteroatoms. The monoisotopic (exact) mass is 500 g/mol. The van der Waals surface area contributed by atoms with Crippen molar-refractivity contribution in [2.75, 3.05) is 44.9 Å². The van der Waals surface area contributed by atoms with Crippen LogP contribution in [-0.2, 0) is 29.5 Å². The van der Waals surface area contributed by atoms with Gasteiger partial charge in [-0.1, -0.05) is 51.1 Å². The topological polar surface area (TPSA) is 67.8 Å². The fraction of sp³-hybridized carbons (Fsp3) is 0.433. The lowest BCUT2D eigenvalue weighted by Gasteiger charge is -2.34. The third kappa shape index (κ3) is 5.47. The molecule has 1 saturated heterocycles. The number of anilines is 1. The fourth-order valence-corrected chi connectivity index (χ4v) is 5.05. The molecule has 7 nitrogen and oxygen atoms in total. The van der Waals surface area contributed by atoms with Crippen LogP contribution in [0.1, 0.15) is 59.3 Å². The van der Waals surface area contributed by atoms with Gasteiger partial charge in [-0.05, 0) is 29.2 Å². The lowest BCUT2D eigenvalue weighted by atomic mass is 9.86. The van der Waals surface area contributed by atoms with E-state index in [1.807, 2.05) is 35.2 Å². The third-order valence-corrected chi connectivity index (χ3v) is 7.22. The SMILES string of the molecule is COc1ccccc1Cc1nc2c(c(N3CCOCC3)n1)CN(C(=O)c1ccc(C(C)(C)C)cc1)CC2. The molecule has 0 aliphatic carbocycles. The van der Waals surface area contributed by atoms with Crippen molar-refractivity contribution >= 4 is 11.7 Å². The molecule has 0 bridgehead atoms. The Morgan fingerprint density at radius 3 is 2.43 bits per heavy atom. The molecule has 0 N–H and O–H groups in total. The highest BCUT2D eigenvalue weighted by molar-refractivity contribution is 5.94. The lowest BCUT2D eigenvalue weighted by molar-refractivity contribution is 0.0732. The summed E-state index contributed by atoms with van der Waals surface area (Å²) in [4.78, 5) is 27.7. The Hall–Kier alpha value is -3.45. The fourth-order valence-electron chi connectivity index (χ4n) is 5.05. The van der Waals surface area contributed by atoms with E-state index < -0.39 is 0 Å². The molecular weight excluding hydrogens is 464 g/mol. The summed E-state index contributed by atoms with van der Waals surface area (Å²) in [7, 11) is 1.69. The number of hydrogen-bond donors (Lipinski definition) is 0. The van der Waals surface area contributed by atoms with Crippen molar-refractivity contribution in [3.63, 3.8) is 0 Å². The second-order valence-electron chi connectivity index (χ2n) is 10.8. The van der Waals surface area contributed by atoms with Gasteiger partial charge in [0, 0.05) is 49.2 Å². The van der Waals surface area contributed by atoms with Gasteiger partial charge in [-0.2, -0.15) is 0 Å². The number of amides is 1. The van der Waals surface area contributed by atoms with E-state index >= 15 is 0 Å². The molecule has 0 unspecified atom stereocenters. The molecule has 0 atom stereocenters. The van der Waals surface area contributed by atoms with E-state index in [0.717, 1.165) is 52.9 Å². The number of morpholine rings is 1. The molecule has 0 saturated carbocycles. The van der Waals surface area contributed by atoms with Gasteiger partial charge in [-0.25, -0.2) is 9.97 Å². The Kier molecular flexibility index (Phi) is 7.15. The summed E-state index contributed by atoms with van der Waals surface area (Å²) >= 11 is 0. The summed E-state index contributed by atoms with van der Waals surface area (Å²) in [5.74, 6) is 2.60. The zero-order chi connectivity index (χ0) is 26.0. The molecule has 2 aliphatic heterocycles. The Bertz CT molecular complexity index is 1260. The van der Waals surface area contributed by atoms with E-state index in [9.17, 15) is 4.79 Å². The van der Waals surface area contributed by atoms with Crippen molar-refractivity contribution in [3.8, 4) is 5.75 Å². The molecule has 37 heavy (non-hydrogen) atoms. The van der Waals surface area contributed by atoms with Gasteiger partial charge in [0.15, 0.2) is 0 Å². The number of rotatable bonds is 5. The van der Waals surface area contributed by atoms with Crippen LogP contribution >= 0.6 is 0 Å². The van der Waals surface area contributed by atoms with Gasteiger partial charge >= 0.3 is 0 Å². The van der Waals surface area contributed by atoms with Gasteiger partial charge in [0.2, 0.25) is 0 Å². The molecule has 0 radical (unpaired) electrons. The molecule has 3 aromatic rings. The predicted molar refractivity (Wildman–Crippen MR) is 144 cm³/mol. The van der Waals surface area contributed by atoms with Crippen LogP contribution in [0.5, 0.6) is 5.75 Å². The average molecular weight is 501 g/mol. The van der Waals surface area contributed by atoms with E-state index in [-0.39, 0.29) is 11.3 Å². The largest absolute Gasteiger partial charge is 0.496 e. The van der Waals surface area contributed by atoms with Crippen molar-refractivity contribution < 1.29 is 14.3 Å². The number of hydrogen-bond acceptors (Lipinski definition) is 6. The maximum Gasteiger partial charge on any atom is 0.254 e. The normalized spacial score (nSPS) is 15.9. The van der Waals surface area contributed by atoms with Crippen LogP contribution in [0.25, 0.3) is 0 Å². The van der Waals surface area contributed by atoms with Crippen molar-refractivity contribution in [3.05, 3.63) is 82.3 Å². The first-order valence-electron chi connectivity index (χ1n) is 13.1. The van der Waals surface area contributed by atoms with Gasteiger partial charge in [0.1, 0.15) is 17.4 Å². The molecule has 0 spiro atoms. The van der Waals surface area contributed by atoms with Crippen molar-refractivity contribution in [1.82, 2.24) is 14.9 Å². The molecule has 3 heterocycles. The Morgan fingerprint density at radius 2 is 1.73 bits per heavy atom. The smallest absolute Gasteiger partial charge is 0.254 e. The molecule has 1 amide bonds. The summed E-state index contributed by atoms with van der Waals surface area (Å²) < 4.78 is 11.2. The summed E-state index contributed by atoms with van der Waals surface area (Å²) in [6.45, 7) is 10.6. The average Bonchev–Trinajstić information content (AvgIpc) is 2.92. The quantitative estimate of drug-likeness (QED) is 0.517. The lowest BCUT2D eigenvalue weighted by Crippen LogP contribution is -2.41. The highest BCUT2D eigenvalue weighted by atomic mass is 16.5. The number of aromatic nitrogens is 2. The van der Waals surface area contributed by atoms with Gasteiger partial charge < -0.3 is 19.3 Å². The van der Waals surface area contributed by atoms with Gasteiger partial charge in [0.05, 0.1) is 32.6 Å². The first-order valence-corrected chi connectivity index (χ1v) is 13.1. The minimum Gasteiger partial charge on any atom is -0.496 e. The highest BCUT2D eigenvalue weighted by Gasteiger charge is 2.29. The number of benzene rings is 2. The van der Waals surface area contributed by atoms with E-state index in [1.165, 1.54) is 5.56 Å². The minimum absolute atomic E-state index is 0.0529. The maximum atomic E-state index is 13.5. The van der Waals surface area contributed by atoms with Crippen molar-refractivity contribution in [2.45, 2.75) is 45.6 Å². The van der Waals surface area contributed by atoms with Crippen LogP contribution in [0.3, 0.4) is 0 Å². The number of para-hydroxylation sites is 1. The molecule has 5 rings (SSSR count). The van der Waals surface area contributed by atoms with Gasteiger partial charge in [-0.3, -0.25) is 4.79 Å². The van der Waals surface area contributed by atoms with Crippen LogP contribution in [0.4, 0.5) is 5.82 Å². The number of carbonyl (C=O) groups is 1. The molecular formula is C30H36N4O3. The Labute approximate surface area is 219 Å². The molecule has 2 aliphatic rings. The summed E-state index contributed by atoms with van der Waals surface area (Å²) in [5.41, 5.74) is 5.14. The maximum absolute atomic E-state index is 13.5. The Balaban J connectivity index is 1.44. The van der Waals surface area contributed by atoms with Crippen LogP contribution in [-0.4, -0.2) is 60.7 Å². The van der Waals surface area contributed by atoms with E-state index in [1.54, 1.807) is 7.11 Å². The second-order valence-corrected chi connectivity index (χ2v) is 10.8. The first kappa shape index (κ1) is 25.2. The summed E-state index contributed by atoms with van der Waals surface area (Å²) in [6, 6.07) is 16.0. The molecule has 2 aromatic carbocycles. The number of ether oxygens (including phenoxy) is 2. The molecule has 194 valence electrons. The van der Waals surface area contributed by atoms with Gasteiger partial charge in [0.25, 0.3) is 5.91 Å². The Morgan fingerprint density at radius 1 is 1.00 bits per heavy atom. The number of fused-ring (bicyclic) bond motifs is 1. The van der Waals surface area contributed by atoms with Crippen LogP contribution in [0, 0.1) is 0 Å². The highest BCUT2D eigenvalue weighted by Crippen LogP contribution is 2.30. The van der Waals surface area contributed by atoms with Crippen LogP contribution in [0.15, 0.2) is 48.5 Å². The second kappa shape index (κ2) is 10.5. The molecule has 1 fully saturated rings. The summed E-state index contributed by atoms with van der Waals surface area (Å²) in [5, 5.41) is 0. The number of nitrogens with zero attached hydrogens (tertiary/aromatic N) is 4. The van der Waals surface area contributed by atoms with Crippen molar-refractivity contribution in [2.24, 2.45) is 0 Å². The zero-order valence-corrected chi connectivity index (χ0v) is 22.3. The standard InChI is InChI=1S/C30H36N4O3/c1-30(2,3)23-11-9-21(10-12-23)29(35)34-14-13-25-24(20-34)28(33-15-17-37-18-16-33)32-27(31-25)19-22-7-5-6-8-26(22)36-4/h5-12H,13-20H2,1-4H3. The van der Waals surface area contributed by atoms with E-state index in [4.69, 9.17) is 19.4 Å². The minimum atomic E-state index is 0.0529. The third-order valence-electron chi connectivity index (χ3n) is 7.22. The van der Waals surface area contributed by atoms with Crippen molar-refractivity contribution in [1.29, 1.82) is 0 Å². The number of methoxy groups -OCH3 is 1.